The van der Waals surface area contributed by atoms with Crippen molar-refractivity contribution >= 4 is 20.2 Å². The minimum Gasteiger partial charge on any atom is -1.00 e. The summed E-state index contributed by atoms with van der Waals surface area (Å²) in [5.74, 6) is 0. The van der Waals surface area contributed by atoms with Crippen molar-refractivity contribution in [2.45, 2.75) is 0 Å². The van der Waals surface area contributed by atoms with Gasteiger partial charge in [0.05, 0.1) is 0 Å². The second-order valence-corrected chi connectivity index (χ2v) is 0. The van der Waals surface area contributed by atoms with Gasteiger partial charge in [0.1, 0.15) is 0 Å². The summed E-state index contributed by atoms with van der Waals surface area (Å²) < 4.78 is 0. The van der Waals surface area contributed by atoms with Crippen LogP contribution in [0.4, 0.5) is 0 Å². The topological polar surface area (TPSA) is 63.0 Å². The molecule has 0 bridgehead atoms. The molecule has 0 aromatic heterocycles. The van der Waals surface area contributed by atoms with E-state index in [-0.39, 0.29) is 36.9 Å². The summed E-state index contributed by atoms with van der Waals surface area (Å²) in [5.41, 5.74) is 0. The van der Waals surface area contributed by atoms with E-state index in [1.165, 1.54) is 0 Å². The quantitative estimate of drug-likeness (QED) is 0.290. The van der Waals surface area contributed by atoms with E-state index in [1.807, 2.05) is 0 Å². The van der Waals surface area contributed by atoms with Crippen molar-refractivity contribution < 1.29 is 16.7 Å². The number of hydrogen-bond donors (Lipinski definition) is 0. The molecule has 0 aromatic carbocycles. The Hall–Kier alpha value is 0.258. The van der Waals surface area contributed by atoms with Gasteiger partial charge in [0, 0.05) is 0 Å². The van der Waals surface area contributed by atoms with Gasteiger partial charge in [-0.3, -0.25) is 0 Å². The third-order valence-electron chi connectivity index (χ3n) is 0. The second kappa shape index (κ2) is 250. The van der Waals surface area contributed by atoms with Crippen LogP contribution >= 0.6 is 0 Å². The van der Waals surface area contributed by atoms with Crippen LogP contribution < -0.4 is 0 Å². The zero-order chi connectivity index (χ0) is 0. The predicted octanol–water partition coefficient (Wildman–Crippen LogP) is -1.96. The van der Waals surface area contributed by atoms with E-state index in [0.29, 0.717) is 0 Å². The molecule has 0 heterocycles. The zero-order valence-corrected chi connectivity index (χ0v) is 2.41. The zero-order valence-electron chi connectivity index (χ0n) is 6.41. The first-order valence-corrected chi connectivity index (χ1v) is 0. The Morgan fingerprint density at radius 2 is 0.750 bits per heavy atom. The summed E-state index contributed by atoms with van der Waals surface area (Å²) in [6, 6.07) is 0. The van der Waals surface area contributed by atoms with E-state index in [2.05, 4.69) is 0 Å². The average Bonchev–Trinajstić information content (AvgIpc) is 0. The van der Waals surface area contributed by atoms with Crippen molar-refractivity contribution in [3.63, 3.8) is 0 Å². The first kappa shape index (κ1) is 681. The van der Waals surface area contributed by atoms with E-state index in [4.69, 9.17) is 0 Å². The van der Waals surface area contributed by atoms with Crippen LogP contribution in [0.25, 0.3) is 0 Å². The summed E-state index contributed by atoms with van der Waals surface area (Å²) in [4.78, 5) is 0. The summed E-state index contributed by atoms with van der Waals surface area (Å²) in [7, 11) is 0. The summed E-state index contributed by atoms with van der Waals surface area (Å²) in [5, 5.41) is 0. The average molecular weight is 58.1 g/mol. The van der Waals surface area contributed by atoms with Crippen LogP contribution in [-0.2, 0) is 0 Å². The Balaban J connectivity index is 0. The Kier molecular flexibility index (Phi) is 42600. The van der Waals surface area contributed by atoms with Gasteiger partial charge < -0.3 is 16.7 Å². The number of hydrogen-bond acceptors (Lipinski definition) is 0. The smallest absolute Gasteiger partial charge is 1.00 e. The molecule has 0 rings (SSSR count). The molecule has 0 atom stereocenters. The molecule has 0 amide bonds. The van der Waals surface area contributed by atoms with Gasteiger partial charge in [-0.2, -0.15) is 0 Å². The Labute approximate surface area is 38.2 Å². The first-order chi connectivity index (χ1) is 0. The van der Waals surface area contributed by atoms with E-state index < -0.39 is 0 Å². The normalized spacial score (nSPS) is 0. The Morgan fingerprint density at radius 1 is 0.750 bits per heavy atom. The van der Waals surface area contributed by atoms with E-state index in [0.717, 1.165) is 0 Å². The Bertz CT molecular complexity index is 12.0. The van der Waals surface area contributed by atoms with Gasteiger partial charge in [-0.25, -0.2) is 0 Å². The van der Waals surface area contributed by atoms with Crippen molar-refractivity contribution in [1.82, 2.24) is 0 Å². The molecule has 0 spiro atoms. The standard InChI is InChI=1S/2Be.2H2O.4H/h;;2*1H2;;;;/q2*+2;;;4*-1. The monoisotopic (exact) mass is 58.1 g/mol. The van der Waals surface area contributed by atoms with Crippen molar-refractivity contribution in [2.75, 3.05) is 0 Å². The molecule has 0 radical (unpaired) electrons. The van der Waals surface area contributed by atoms with Gasteiger partial charge >= 0.3 is 20.2 Å². The van der Waals surface area contributed by atoms with Crippen LogP contribution in [0.2, 0.25) is 0 Å². The number of rotatable bonds is 0. The van der Waals surface area contributed by atoms with Crippen LogP contribution in [0.15, 0.2) is 0 Å². The van der Waals surface area contributed by atoms with E-state index >= 15 is 0 Å². The van der Waals surface area contributed by atoms with Crippen LogP contribution in [0.5, 0.6) is 0 Å². The molecule has 0 saturated carbocycles. The molecule has 0 unspecified atom stereocenters. The molecule has 2 nitrogen and oxygen atoms in total. The fourth-order valence-corrected chi connectivity index (χ4v) is 0. The van der Waals surface area contributed by atoms with Crippen LogP contribution in [0, 0.1) is 0 Å². The van der Waals surface area contributed by atoms with Crippen LogP contribution in [0.1, 0.15) is 5.71 Å². The molecule has 0 saturated heterocycles. The molecule has 0 fully saturated rings. The predicted molar refractivity (Wildman–Crippen MR) is 23.2 cm³/mol. The molecule has 0 aliphatic rings. The molecule has 0 aliphatic heterocycles. The summed E-state index contributed by atoms with van der Waals surface area (Å²) >= 11 is 0. The van der Waals surface area contributed by atoms with Gasteiger partial charge in [-0.15, -0.1) is 0 Å². The maximum Gasteiger partial charge on any atom is 2.00 e. The fraction of sp³-hybridized carbons (Fsp3) is 0. The minimum atomic E-state index is 0. The second-order valence-electron chi connectivity index (χ2n) is 0. The molecule has 24 valence electrons. The van der Waals surface area contributed by atoms with Gasteiger partial charge in [0.2, 0.25) is 0 Å². The van der Waals surface area contributed by atoms with Crippen molar-refractivity contribution in [1.29, 1.82) is 0 Å². The van der Waals surface area contributed by atoms with Crippen molar-refractivity contribution in [3.8, 4) is 0 Å². The molecule has 0 aliphatic carbocycles. The minimum absolute atomic E-state index is 0. The van der Waals surface area contributed by atoms with Crippen molar-refractivity contribution in [2.24, 2.45) is 0 Å². The molecular weight excluding hydrogens is 50.0 g/mol. The Morgan fingerprint density at radius 3 is 0.750 bits per heavy atom. The van der Waals surface area contributed by atoms with Crippen molar-refractivity contribution in [3.05, 3.63) is 0 Å². The first-order valence-electron chi connectivity index (χ1n) is 0. The summed E-state index contributed by atoms with van der Waals surface area (Å²) in [6.07, 6.45) is 0. The van der Waals surface area contributed by atoms with Crippen LogP contribution in [0.3, 0.4) is 0 Å². The van der Waals surface area contributed by atoms with Gasteiger partial charge in [0.25, 0.3) is 0 Å². The molecule has 0 aromatic rings. The fourth-order valence-electron chi connectivity index (χ4n) is 0. The molecule has 4 heavy (non-hydrogen) atoms. The maximum absolute atomic E-state index is 0. The largest absolute Gasteiger partial charge is 2.00 e. The van der Waals surface area contributed by atoms with E-state index in [1.54, 1.807) is 0 Å². The van der Waals surface area contributed by atoms with E-state index in [9.17, 15) is 0 Å². The molecule has 4 N–H and O–H groups in total. The SMILES string of the molecule is O.O.[Be+2].[Be+2].[H-].[H-].[H-].[H-]. The van der Waals surface area contributed by atoms with Gasteiger partial charge in [0.15, 0.2) is 0 Å². The van der Waals surface area contributed by atoms with Crippen LogP contribution in [-0.4, -0.2) is 31.2 Å². The molecule has 4 heteroatoms. The van der Waals surface area contributed by atoms with Gasteiger partial charge in [-0.1, -0.05) is 0 Å². The van der Waals surface area contributed by atoms with Gasteiger partial charge in [-0.05, 0) is 0 Å². The summed E-state index contributed by atoms with van der Waals surface area (Å²) in [6.45, 7) is 0. The third kappa shape index (κ3) is 53.8. The maximum atomic E-state index is 0. The third-order valence-corrected chi connectivity index (χ3v) is 0. The molecular formula is H8Be2O2.